The number of hydrogen-bond donors (Lipinski definition) is 2. The fourth-order valence-electron chi connectivity index (χ4n) is 3.55. The van der Waals surface area contributed by atoms with Gasteiger partial charge < -0.3 is 24.8 Å². The molecule has 1 aliphatic carbocycles. The second kappa shape index (κ2) is 12.5. The van der Waals surface area contributed by atoms with Gasteiger partial charge in [-0.25, -0.2) is 4.99 Å². The van der Waals surface area contributed by atoms with E-state index in [0.29, 0.717) is 30.2 Å². The molecule has 0 radical (unpaired) electrons. The number of rotatable bonds is 8. The van der Waals surface area contributed by atoms with E-state index in [1.165, 1.54) is 0 Å². The molecular weight excluding hydrogens is 505 g/mol. The quantitative estimate of drug-likeness (QED) is 0.230. The Morgan fingerprint density at radius 1 is 1.28 bits per heavy atom. The third-order valence-corrected chi connectivity index (χ3v) is 6.68. The molecule has 0 spiro atoms. The molecule has 3 rings (SSSR count). The van der Waals surface area contributed by atoms with Gasteiger partial charge in [0.2, 0.25) is 6.79 Å². The van der Waals surface area contributed by atoms with Gasteiger partial charge >= 0.3 is 0 Å². The van der Waals surface area contributed by atoms with Gasteiger partial charge in [-0.3, -0.25) is 4.21 Å². The molecule has 3 atom stereocenters. The second-order valence-electron chi connectivity index (χ2n) is 6.92. The van der Waals surface area contributed by atoms with Crippen molar-refractivity contribution >= 4 is 40.7 Å². The number of benzene rings is 1. The largest absolute Gasteiger partial charge is 0.492 e. The first-order valence-corrected chi connectivity index (χ1v) is 11.5. The van der Waals surface area contributed by atoms with Crippen LogP contribution in [0.1, 0.15) is 39.5 Å². The Morgan fingerprint density at radius 3 is 2.90 bits per heavy atom. The minimum atomic E-state index is -0.720. The fraction of sp³-hybridized carbons (Fsp3) is 0.650. The maximum absolute atomic E-state index is 12.1. The summed E-state index contributed by atoms with van der Waals surface area (Å²) in [6, 6.07) is 5.89. The van der Waals surface area contributed by atoms with E-state index in [1.807, 2.05) is 25.1 Å². The normalized spacial score (nSPS) is 21.8. The zero-order valence-corrected chi connectivity index (χ0v) is 20.3. The molecule has 2 aliphatic rings. The second-order valence-corrected chi connectivity index (χ2v) is 8.93. The molecule has 9 heteroatoms. The number of halogens is 1. The van der Waals surface area contributed by atoms with Crippen molar-refractivity contribution in [3.8, 4) is 17.2 Å². The summed E-state index contributed by atoms with van der Waals surface area (Å²) in [7, 11) is -0.720. The van der Waals surface area contributed by atoms with E-state index >= 15 is 0 Å². The van der Waals surface area contributed by atoms with E-state index < -0.39 is 10.8 Å². The molecule has 1 aromatic carbocycles. The van der Waals surface area contributed by atoms with Crippen LogP contribution in [-0.4, -0.2) is 53.7 Å². The van der Waals surface area contributed by atoms with Crippen molar-refractivity contribution in [2.24, 2.45) is 4.99 Å². The molecule has 3 unspecified atom stereocenters. The van der Waals surface area contributed by atoms with Gasteiger partial charge in [-0.2, -0.15) is 0 Å². The lowest BCUT2D eigenvalue weighted by molar-refractivity contribution is 0.173. The summed E-state index contributed by atoms with van der Waals surface area (Å²) in [6.45, 7) is 6.12. The van der Waals surface area contributed by atoms with Crippen molar-refractivity contribution in [3.05, 3.63) is 18.2 Å². The first-order chi connectivity index (χ1) is 13.7. The van der Waals surface area contributed by atoms with Crippen molar-refractivity contribution in [3.63, 3.8) is 0 Å². The minimum absolute atomic E-state index is 0. The van der Waals surface area contributed by atoms with E-state index in [4.69, 9.17) is 14.2 Å². The van der Waals surface area contributed by atoms with Crippen LogP contribution in [0, 0.1) is 0 Å². The molecule has 1 saturated carbocycles. The Morgan fingerprint density at radius 2 is 2.10 bits per heavy atom. The van der Waals surface area contributed by atoms with Crippen LogP contribution < -0.4 is 24.8 Å². The monoisotopic (exact) mass is 537 g/mol. The highest BCUT2D eigenvalue weighted by Gasteiger charge is 2.26. The summed E-state index contributed by atoms with van der Waals surface area (Å²) < 4.78 is 28.6. The van der Waals surface area contributed by atoms with Crippen molar-refractivity contribution < 1.29 is 18.4 Å². The summed E-state index contributed by atoms with van der Waals surface area (Å²) in [5, 5.41) is 7.10. The predicted molar refractivity (Wildman–Crippen MR) is 127 cm³/mol. The van der Waals surface area contributed by atoms with Gasteiger partial charge in [0.1, 0.15) is 12.4 Å². The van der Waals surface area contributed by atoms with Crippen LogP contribution in [0.5, 0.6) is 17.2 Å². The van der Waals surface area contributed by atoms with Crippen molar-refractivity contribution in [2.75, 3.05) is 32.2 Å². The van der Waals surface area contributed by atoms with Crippen LogP contribution in [0.4, 0.5) is 0 Å². The summed E-state index contributed by atoms with van der Waals surface area (Å²) in [5.41, 5.74) is 0. The van der Waals surface area contributed by atoms with Crippen LogP contribution in [0.3, 0.4) is 0 Å². The fourth-order valence-corrected chi connectivity index (χ4v) is 4.90. The van der Waals surface area contributed by atoms with Crippen LogP contribution in [0.25, 0.3) is 0 Å². The number of nitrogens with one attached hydrogen (secondary N) is 2. The van der Waals surface area contributed by atoms with Gasteiger partial charge in [-0.15, -0.1) is 24.0 Å². The summed E-state index contributed by atoms with van der Waals surface area (Å²) in [5.74, 6) is 3.74. The van der Waals surface area contributed by atoms with Gasteiger partial charge in [-0.1, -0.05) is 13.3 Å². The highest BCUT2D eigenvalue weighted by molar-refractivity contribution is 14.0. The third kappa shape index (κ3) is 7.20. The number of guanidine groups is 1. The molecule has 0 bridgehead atoms. The highest BCUT2D eigenvalue weighted by atomic mass is 127. The van der Waals surface area contributed by atoms with E-state index in [1.54, 1.807) is 0 Å². The topological polar surface area (TPSA) is 81.2 Å². The lowest BCUT2D eigenvalue weighted by Gasteiger charge is -2.30. The van der Waals surface area contributed by atoms with Gasteiger partial charge in [0, 0.05) is 40.5 Å². The van der Waals surface area contributed by atoms with E-state index in [-0.39, 0.29) is 30.8 Å². The van der Waals surface area contributed by atoms with E-state index in [0.717, 1.165) is 55.4 Å². The molecule has 7 nitrogen and oxygen atoms in total. The Balaban J connectivity index is 0.00000300. The zero-order chi connectivity index (χ0) is 19.8. The average Bonchev–Trinajstić information content (AvgIpc) is 3.18. The molecule has 1 aliphatic heterocycles. The molecule has 2 N–H and O–H groups in total. The molecule has 1 heterocycles. The lowest BCUT2D eigenvalue weighted by atomic mass is 9.95. The molecule has 164 valence electrons. The maximum atomic E-state index is 12.1. The number of fused-ring (bicyclic) bond motifs is 1. The molecule has 1 fully saturated rings. The molecular formula is C20H32IN3O4S. The maximum Gasteiger partial charge on any atom is 0.231 e. The SMILES string of the molecule is CCNC(=NCCOc1ccc2c(c1)OCO2)NC1CCCC(S(=O)CC)C1.I. The third-order valence-electron chi connectivity index (χ3n) is 4.94. The van der Waals surface area contributed by atoms with Crippen LogP contribution in [0.2, 0.25) is 0 Å². The van der Waals surface area contributed by atoms with Gasteiger partial charge in [0.05, 0.1) is 6.54 Å². The molecule has 1 aromatic rings. The Hall–Kier alpha value is -1.23. The average molecular weight is 537 g/mol. The molecule has 0 saturated heterocycles. The van der Waals surface area contributed by atoms with Gasteiger partial charge in [0.25, 0.3) is 0 Å². The first-order valence-electron chi connectivity index (χ1n) is 10.1. The molecule has 29 heavy (non-hydrogen) atoms. The first kappa shape index (κ1) is 24.0. The highest BCUT2D eigenvalue weighted by Crippen LogP contribution is 2.35. The van der Waals surface area contributed by atoms with Gasteiger partial charge in [0.15, 0.2) is 17.5 Å². The number of aliphatic imine (C=N–C) groups is 1. The van der Waals surface area contributed by atoms with Crippen LogP contribution >= 0.6 is 24.0 Å². The Kier molecular flexibility index (Phi) is 10.3. The smallest absolute Gasteiger partial charge is 0.231 e. The van der Waals surface area contributed by atoms with Crippen molar-refractivity contribution in [1.82, 2.24) is 10.6 Å². The number of hydrogen-bond acceptors (Lipinski definition) is 5. The van der Waals surface area contributed by atoms with Crippen molar-refractivity contribution in [1.29, 1.82) is 0 Å². The molecule has 0 amide bonds. The number of nitrogens with zero attached hydrogens (tertiary/aromatic N) is 1. The zero-order valence-electron chi connectivity index (χ0n) is 17.1. The summed E-state index contributed by atoms with van der Waals surface area (Å²) in [6.07, 6.45) is 4.21. The summed E-state index contributed by atoms with van der Waals surface area (Å²) in [4.78, 5) is 4.62. The van der Waals surface area contributed by atoms with Gasteiger partial charge in [-0.05, 0) is 38.3 Å². The Labute approximate surface area is 192 Å². The van der Waals surface area contributed by atoms with Crippen molar-refractivity contribution in [2.45, 2.75) is 50.8 Å². The standard InChI is InChI=1S/C20H31N3O4S.HI/c1-3-21-20(23-15-6-5-7-17(12-15)28(24)4-2)22-10-11-25-16-8-9-18-19(13-16)27-14-26-18;/h8-9,13,15,17H,3-7,10-12,14H2,1-2H3,(H2,21,22,23);1H. The van der Waals surface area contributed by atoms with E-state index in [2.05, 4.69) is 22.5 Å². The minimum Gasteiger partial charge on any atom is -0.492 e. The molecule has 0 aromatic heterocycles. The van der Waals surface area contributed by atoms with E-state index in [9.17, 15) is 4.21 Å². The lowest BCUT2D eigenvalue weighted by Crippen LogP contribution is -2.46. The van der Waals surface area contributed by atoms with Crippen LogP contribution in [-0.2, 0) is 10.8 Å². The Bertz CT molecular complexity index is 704. The summed E-state index contributed by atoms with van der Waals surface area (Å²) >= 11 is 0. The van der Waals surface area contributed by atoms with Crippen LogP contribution in [0.15, 0.2) is 23.2 Å². The number of ether oxygens (including phenoxy) is 3. The predicted octanol–water partition coefficient (Wildman–Crippen LogP) is 3.05.